The van der Waals surface area contributed by atoms with Crippen LogP contribution in [0.3, 0.4) is 0 Å². The molecule has 1 fully saturated rings. The van der Waals surface area contributed by atoms with Crippen LogP contribution >= 0.6 is 0 Å². The van der Waals surface area contributed by atoms with Crippen LogP contribution in [0.2, 0.25) is 0 Å². The third kappa shape index (κ3) is 6.81. The summed E-state index contributed by atoms with van der Waals surface area (Å²) in [4.78, 5) is 28.9. The zero-order valence-electron chi connectivity index (χ0n) is 16.6. The Kier molecular flexibility index (Phi) is 8.42. The Morgan fingerprint density at radius 3 is 2.15 bits per heavy atom. The van der Waals surface area contributed by atoms with Gasteiger partial charge in [-0.05, 0) is 52.4 Å². The molecule has 1 aliphatic rings. The van der Waals surface area contributed by atoms with Gasteiger partial charge in [0.1, 0.15) is 6.04 Å². The van der Waals surface area contributed by atoms with Gasteiger partial charge in [-0.2, -0.15) is 0 Å². The Balaban J connectivity index is 2.40. The quantitative estimate of drug-likeness (QED) is 0.550. The van der Waals surface area contributed by atoms with E-state index in [1.165, 1.54) is 5.01 Å². The van der Waals surface area contributed by atoms with Crippen LogP contribution in [0.15, 0.2) is 0 Å². The highest BCUT2D eigenvalue weighted by Crippen LogP contribution is 2.26. The molecule has 1 saturated carbocycles. The second kappa shape index (κ2) is 9.61. The molecule has 1 unspecified atom stereocenters. The minimum atomic E-state index is -1.02. The largest absolute Gasteiger partial charge is 0.756 e. The third-order valence-corrected chi connectivity index (χ3v) is 4.82. The molecule has 152 valence electrons. The third-order valence-electron chi connectivity index (χ3n) is 4.82. The molecule has 0 aromatic rings. The number of hydrogen-bond donors (Lipinski definition) is 3. The van der Waals surface area contributed by atoms with Crippen molar-refractivity contribution in [3.63, 3.8) is 0 Å². The molecule has 9 nitrogen and oxygen atoms in total. The van der Waals surface area contributed by atoms with E-state index < -0.39 is 12.0 Å². The van der Waals surface area contributed by atoms with Gasteiger partial charge in [-0.1, -0.05) is 13.8 Å². The smallest absolute Gasteiger partial charge is 0.326 e. The zero-order chi connectivity index (χ0) is 20.1. The Morgan fingerprint density at radius 1 is 1.19 bits per heavy atom. The van der Waals surface area contributed by atoms with Crippen molar-refractivity contribution >= 4 is 11.9 Å². The fourth-order valence-electron chi connectivity index (χ4n) is 2.68. The molecular formula is C17H33N4O5-. The Hall–Kier alpha value is -1.26. The van der Waals surface area contributed by atoms with Crippen LogP contribution in [0.25, 0.3) is 0 Å². The lowest BCUT2D eigenvalue weighted by Gasteiger charge is -2.45. The molecule has 0 aliphatic heterocycles. The molecular weight excluding hydrogens is 340 g/mol. The molecule has 1 atom stereocenters. The highest BCUT2D eigenvalue weighted by atomic mass is 16.8. The topological polar surface area (TPSA) is 117 Å². The molecule has 0 aromatic heterocycles. The lowest BCUT2D eigenvalue weighted by molar-refractivity contribution is -0.203. The van der Waals surface area contributed by atoms with Crippen LogP contribution in [0.1, 0.15) is 60.3 Å². The first-order valence-corrected chi connectivity index (χ1v) is 9.09. The molecule has 3 N–H and O–H groups in total. The number of rotatable bonds is 8. The standard InChI is InChI=1S/C17H33N4O5/c1-11(2)14(16(23)24)18-15(22)12-7-9-13(10-8-12)26-19-21(25)20(6)17(3,4)5/h11-14,19H,7-10H2,1-6H3,(H,18,22)(H,23,24)/q-1. The molecule has 9 heteroatoms. The van der Waals surface area contributed by atoms with Gasteiger partial charge >= 0.3 is 5.97 Å². The summed E-state index contributed by atoms with van der Waals surface area (Å²) in [7, 11) is 1.66. The van der Waals surface area contributed by atoms with Crippen molar-refractivity contribution in [3.05, 3.63) is 5.21 Å². The highest BCUT2D eigenvalue weighted by Gasteiger charge is 2.31. The van der Waals surface area contributed by atoms with Gasteiger partial charge in [0.15, 0.2) is 0 Å². The second-order valence-electron chi connectivity index (χ2n) is 8.22. The minimum Gasteiger partial charge on any atom is -0.756 e. The fraction of sp³-hybridized carbons (Fsp3) is 0.882. The van der Waals surface area contributed by atoms with Crippen LogP contribution < -0.4 is 10.9 Å². The number of aliphatic carboxylic acids is 1. The number of carboxylic acid groups (broad SMARTS) is 1. The number of nitrogens with zero attached hydrogens (tertiary/aromatic N) is 2. The Labute approximate surface area is 155 Å². The van der Waals surface area contributed by atoms with E-state index >= 15 is 0 Å². The van der Waals surface area contributed by atoms with Crippen molar-refractivity contribution < 1.29 is 19.5 Å². The molecule has 0 heterocycles. The Bertz CT molecular complexity index is 472. The summed E-state index contributed by atoms with van der Waals surface area (Å²) in [6.07, 6.45) is 2.27. The van der Waals surface area contributed by atoms with Crippen molar-refractivity contribution in [2.45, 2.75) is 78.0 Å². The highest BCUT2D eigenvalue weighted by molar-refractivity contribution is 5.85. The summed E-state index contributed by atoms with van der Waals surface area (Å²) in [6.45, 7) is 9.25. The van der Waals surface area contributed by atoms with Crippen LogP contribution in [-0.4, -0.2) is 52.0 Å². The van der Waals surface area contributed by atoms with E-state index in [0.717, 1.165) is 0 Å². The average molecular weight is 373 g/mol. The van der Waals surface area contributed by atoms with Gasteiger partial charge in [0.25, 0.3) is 0 Å². The van der Waals surface area contributed by atoms with Gasteiger partial charge in [0.2, 0.25) is 5.91 Å². The number of carbonyl (C=O) groups is 2. The van der Waals surface area contributed by atoms with Crippen LogP contribution in [0.4, 0.5) is 0 Å². The van der Waals surface area contributed by atoms with Crippen molar-refractivity contribution in [2.24, 2.45) is 11.8 Å². The molecule has 1 rings (SSSR count). The summed E-state index contributed by atoms with van der Waals surface area (Å²) in [5, 5.41) is 25.8. The number of amides is 1. The number of carboxylic acids is 1. The summed E-state index contributed by atoms with van der Waals surface area (Å²) in [5.41, 5.74) is 2.05. The molecule has 26 heavy (non-hydrogen) atoms. The maximum atomic E-state index is 12.3. The van der Waals surface area contributed by atoms with Crippen molar-refractivity contribution in [1.29, 1.82) is 0 Å². The van der Waals surface area contributed by atoms with Gasteiger partial charge < -0.3 is 15.6 Å². The van der Waals surface area contributed by atoms with E-state index in [9.17, 15) is 19.9 Å². The fourth-order valence-corrected chi connectivity index (χ4v) is 2.68. The summed E-state index contributed by atoms with van der Waals surface area (Å²) in [6, 6.07) is -0.875. The van der Waals surface area contributed by atoms with E-state index in [4.69, 9.17) is 4.84 Å². The summed E-state index contributed by atoms with van der Waals surface area (Å²) in [5.74, 6) is -1.65. The predicted molar refractivity (Wildman–Crippen MR) is 97.1 cm³/mol. The van der Waals surface area contributed by atoms with Crippen molar-refractivity contribution in [3.8, 4) is 0 Å². The van der Waals surface area contributed by atoms with Crippen LogP contribution in [-0.2, 0) is 14.4 Å². The van der Waals surface area contributed by atoms with Gasteiger partial charge in [-0.25, -0.2) is 15.1 Å². The van der Waals surface area contributed by atoms with Gasteiger partial charge in [0, 0.05) is 18.5 Å². The lowest BCUT2D eigenvalue weighted by atomic mass is 9.86. The molecule has 0 spiro atoms. The van der Waals surface area contributed by atoms with Crippen molar-refractivity contribution in [1.82, 2.24) is 21.2 Å². The number of carbonyl (C=O) groups excluding carboxylic acids is 1. The number of hydrazine groups is 2. The molecule has 0 aromatic carbocycles. The van der Waals surface area contributed by atoms with E-state index in [-0.39, 0.29) is 29.4 Å². The van der Waals surface area contributed by atoms with Gasteiger partial charge in [0.05, 0.1) is 6.10 Å². The van der Waals surface area contributed by atoms with Gasteiger partial charge in [-0.3, -0.25) is 9.63 Å². The normalized spacial score (nSPS) is 22.7. The minimum absolute atomic E-state index is 0.163. The maximum Gasteiger partial charge on any atom is 0.326 e. The molecule has 1 aliphatic carbocycles. The van der Waals surface area contributed by atoms with E-state index in [1.807, 2.05) is 20.8 Å². The van der Waals surface area contributed by atoms with E-state index in [1.54, 1.807) is 20.9 Å². The molecule has 1 amide bonds. The van der Waals surface area contributed by atoms with E-state index in [0.29, 0.717) is 31.0 Å². The van der Waals surface area contributed by atoms with Crippen LogP contribution in [0.5, 0.6) is 0 Å². The molecule has 0 bridgehead atoms. The molecule has 0 radical (unpaired) electrons. The van der Waals surface area contributed by atoms with Crippen molar-refractivity contribution in [2.75, 3.05) is 7.05 Å². The number of nitrogens with one attached hydrogen (secondary N) is 2. The monoisotopic (exact) mass is 373 g/mol. The summed E-state index contributed by atoms with van der Waals surface area (Å²) < 4.78 is 0. The first-order valence-electron chi connectivity index (χ1n) is 9.09. The maximum absolute atomic E-state index is 12.3. The van der Waals surface area contributed by atoms with Crippen LogP contribution in [0, 0.1) is 17.0 Å². The molecule has 0 saturated heterocycles. The SMILES string of the molecule is CC(C)C(NC(=O)C1CCC(ONN([O-])N(C)C(C)(C)C)CC1)C(=O)O. The first-order chi connectivity index (χ1) is 11.9. The second-order valence-corrected chi connectivity index (χ2v) is 8.22. The average Bonchev–Trinajstić information content (AvgIpc) is 2.55. The van der Waals surface area contributed by atoms with Gasteiger partial charge in [-0.15, -0.1) is 5.59 Å². The number of hydrogen-bond acceptors (Lipinski definition) is 7. The predicted octanol–water partition coefficient (Wildman–Crippen LogP) is 1.65. The zero-order valence-corrected chi connectivity index (χ0v) is 16.6. The van der Waals surface area contributed by atoms with E-state index in [2.05, 4.69) is 10.9 Å². The lowest BCUT2D eigenvalue weighted by Crippen LogP contribution is -2.54. The first kappa shape index (κ1) is 22.8. The summed E-state index contributed by atoms with van der Waals surface area (Å²) >= 11 is 0. The Morgan fingerprint density at radius 2 is 1.73 bits per heavy atom.